The van der Waals surface area contributed by atoms with Crippen LogP contribution in [0.3, 0.4) is 0 Å². The molecule has 0 bridgehead atoms. The number of fused-ring (bicyclic) bond motifs is 1. The second-order valence-corrected chi connectivity index (χ2v) is 12.7. The zero-order valence-electron chi connectivity index (χ0n) is 23.2. The molecule has 2 atom stereocenters. The van der Waals surface area contributed by atoms with Crippen molar-refractivity contribution in [3.63, 3.8) is 0 Å². The number of hydrazone groups is 1. The number of amides is 1. The van der Waals surface area contributed by atoms with Crippen molar-refractivity contribution in [3.05, 3.63) is 141 Å². The SMILES string of the molecule is O=C(c1ccc(-c2ncc(-c3ccccc3)o2)cc1)N1N=C2/C(=C/c3ccc(Br)cc3)CCC[C@H]2[C@@H]1c1ccc(Br)cc1. The van der Waals surface area contributed by atoms with E-state index in [-0.39, 0.29) is 17.9 Å². The summed E-state index contributed by atoms with van der Waals surface area (Å²) in [5.74, 6) is 1.22. The highest BCUT2D eigenvalue weighted by Crippen LogP contribution is 2.45. The molecular formula is C36H27Br2N3O2. The highest BCUT2D eigenvalue weighted by atomic mass is 79.9. The van der Waals surface area contributed by atoms with Gasteiger partial charge in [-0.1, -0.05) is 86.5 Å². The number of aromatic nitrogens is 1. The first-order valence-corrected chi connectivity index (χ1v) is 15.9. The fraction of sp³-hybridized carbons (Fsp3) is 0.139. The Labute approximate surface area is 267 Å². The summed E-state index contributed by atoms with van der Waals surface area (Å²) >= 11 is 7.09. The lowest BCUT2D eigenvalue weighted by atomic mass is 9.77. The molecule has 0 saturated heterocycles. The smallest absolute Gasteiger partial charge is 0.274 e. The average Bonchev–Trinajstić information content (AvgIpc) is 3.69. The van der Waals surface area contributed by atoms with Gasteiger partial charge in [-0.05, 0) is 90.6 Å². The zero-order chi connectivity index (χ0) is 29.3. The first-order valence-electron chi connectivity index (χ1n) is 14.3. The van der Waals surface area contributed by atoms with E-state index in [0.29, 0.717) is 17.2 Å². The Morgan fingerprint density at radius 3 is 2.26 bits per heavy atom. The van der Waals surface area contributed by atoms with E-state index in [1.807, 2.05) is 78.9 Å². The van der Waals surface area contributed by atoms with Gasteiger partial charge in [0.15, 0.2) is 5.76 Å². The maximum atomic E-state index is 14.1. The van der Waals surface area contributed by atoms with E-state index in [0.717, 1.165) is 56.2 Å². The molecule has 1 aromatic heterocycles. The quantitative estimate of drug-likeness (QED) is 0.184. The number of oxazole rings is 1. The van der Waals surface area contributed by atoms with E-state index in [9.17, 15) is 4.79 Å². The van der Waals surface area contributed by atoms with E-state index in [2.05, 4.69) is 67.2 Å². The largest absolute Gasteiger partial charge is 0.436 e. The third-order valence-corrected chi connectivity index (χ3v) is 9.13. The van der Waals surface area contributed by atoms with Crippen molar-refractivity contribution < 1.29 is 9.21 Å². The normalized spacial score (nSPS) is 18.9. The fourth-order valence-corrected chi connectivity index (χ4v) is 6.48. The molecular weight excluding hydrogens is 666 g/mol. The van der Waals surface area contributed by atoms with Gasteiger partial charge < -0.3 is 4.42 Å². The van der Waals surface area contributed by atoms with Crippen LogP contribution in [0.15, 0.2) is 133 Å². The van der Waals surface area contributed by atoms with Crippen LogP contribution in [0.4, 0.5) is 0 Å². The van der Waals surface area contributed by atoms with Crippen molar-refractivity contribution in [1.29, 1.82) is 0 Å². The van der Waals surface area contributed by atoms with Crippen molar-refractivity contribution >= 4 is 49.6 Å². The van der Waals surface area contributed by atoms with Crippen molar-refractivity contribution in [1.82, 2.24) is 9.99 Å². The molecule has 43 heavy (non-hydrogen) atoms. The lowest BCUT2D eigenvalue weighted by Gasteiger charge is -2.29. The third kappa shape index (κ3) is 5.67. The van der Waals surface area contributed by atoms with E-state index < -0.39 is 0 Å². The maximum absolute atomic E-state index is 14.1. The fourth-order valence-electron chi connectivity index (χ4n) is 5.95. The number of halogens is 2. The van der Waals surface area contributed by atoms with Crippen LogP contribution < -0.4 is 0 Å². The average molecular weight is 693 g/mol. The number of carbonyl (C=O) groups is 1. The second-order valence-electron chi connectivity index (χ2n) is 10.8. The molecule has 4 aromatic carbocycles. The Morgan fingerprint density at radius 2 is 1.53 bits per heavy atom. The summed E-state index contributed by atoms with van der Waals surface area (Å²) in [4.78, 5) is 18.6. The van der Waals surface area contributed by atoms with Crippen LogP contribution in [0.5, 0.6) is 0 Å². The van der Waals surface area contributed by atoms with Gasteiger partial charge in [-0.25, -0.2) is 9.99 Å². The van der Waals surface area contributed by atoms with E-state index >= 15 is 0 Å². The lowest BCUT2D eigenvalue weighted by Crippen LogP contribution is -2.31. The molecule has 1 aliphatic carbocycles. The Bertz CT molecular complexity index is 1830. The molecule has 1 fully saturated rings. The number of hydrogen-bond donors (Lipinski definition) is 0. The predicted octanol–water partition coefficient (Wildman–Crippen LogP) is 9.97. The Morgan fingerprint density at radius 1 is 0.837 bits per heavy atom. The number of nitrogens with zero attached hydrogens (tertiary/aromatic N) is 3. The summed E-state index contributed by atoms with van der Waals surface area (Å²) in [5.41, 5.74) is 6.77. The molecule has 0 spiro atoms. The second kappa shape index (κ2) is 11.9. The van der Waals surface area contributed by atoms with Crippen molar-refractivity contribution in [2.45, 2.75) is 25.3 Å². The summed E-state index contributed by atoms with van der Waals surface area (Å²) in [6.07, 6.45) is 6.92. The number of benzene rings is 4. The molecule has 212 valence electrons. The van der Waals surface area contributed by atoms with Crippen LogP contribution in [-0.2, 0) is 0 Å². The Kier molecular flexibility index (Phi) is 7.68. The standard InChI is InChI=1S/C36H27Br2N3O2/c37-29-17-9-23(10-18-29)21-28-7-4-8-31-33(28)40-41(34(31)25-15-19-30(38)20-16-25)36(42)27-13-11-26(12-14-27)35-39-22-32(43-35)24-5-2-1-3-6-24/h1-3,5-6,9-22,31,34H,4,7-8H2/b28-21+/t31-,34+/m1/s1. The van der Waals surface area contributed by atoms with Gasteiger partial charge in [0, 0.05) is 31.6 Å². The Balaban J connectivity index is 1.21. The molecule has 7 heteroatoms. The zero-order valence-corrected chi connectivity index (χ0v) is 26.3. The van der Waals surface area contributed by atoms with Crippen molar-refractivity contribution in [2.24, 2.45) is 11.0 Å². The first kappa shape index (κ1) is 27.7. The van der Waals surface area contributed by atoms with Crippen LogP contribution in [-0.4, -0.2) is 21.6 Å². The lowest BCUT2D eigenvalue weighted by molar-refractivity contribution is 0.0681. The van der Waals surface area contributed by atoms with Gasteiger partial charge in [0.2, 0.25) is 5.89 Å². The summed E-state index contributed by atoms with van der Waals surface area (Å²) < 4.78 is 8.08. The molecule has 1 saturated carbocycles. The van der Waals surface area contributed by atoms with Crippen LogP contribution in [0, 0.1) is 5.92 Å². The van der Waals surface area contributed by atoms with Gasteiger partial charge in [-0.2, -0.15) is 5.10 Å². The highest BCUT2D eigenvalue weighted by Gasteiger charge is 2.44. The van der Waals surface area contributed by atoms with Crippen LogP contribution in [0.25, 0.3) is 28.9 Å². The summed E-state index contributed by atoms with van der Waals surface area (Å²) in [5, 5.41) is 6.77. The van der Waals surface area contributed by atoms with Crippen LogP contribution >= 0.6 is 31.9 Å². The van der Waals surface area contributed by atoms with E-state index in [1.54, 1.807) is 11.2 Å². The molecule has 2 aliphatic rings. The maximum Gasteiger partial charge on any atom is 0.274 e. The van der Waals surface area contributed by atoms with E-state index in [1.165, 1.54) is 5.57 Å². The highest BCUT2D eigenvalue weighted by molar-refractivity contribution is 9.10. The van der Waals surface area contributed by atoms with E-state index in [4.69, 9.17) is 9.52 Å². The summed E-state index contributed by atoms with van der Waals surface area (Å²) in [6.45, 7) is 0. The number of allylic oxidation sites excluding steroid dienone is 1. The van der Waals surface area contributed by atoms with Crippen LogP contribution in [0.2, 0.25) is 0 Å². The van der Waals surface area contributed by atoms with Gasteiger partial charge in [-0.15, -0.1) is 0 Å². The molecule has 5 aromatic rings. The number of hydrogen-bond acceptors (Lipinski definition) is 4. The number of carbonyl (C=O) groups excluding carboxylic acids is 1. The predicted molar refractivity (Wildman–Crippen MR) is 177 cm³/mol. The Hall–Kier alpha value is -4.07. The minimum atomic E-state index is -0.177. The monoisotopic (exact) mass is 691 g/mol. The molecule has 0 radical (unpaired) electrons. The van der Waals surface area contributed by atoms with Gasteiger partial charge in [0.25, 0.3) is 5.91 Å². The van der Waals surface area contributed by atoms with Gasteiger partial charge in [0.05, 0.1) is 18.0 Å². The molecule has 1 amide bonds. The first-order chi connectivity index (χ1) is 21.0. The molecule has 0 N–H and O–H groups in total. The van der Waals surface area contributed by atoms with Gasteiger partial charge in [0.1, 0.15) is 0 Å². The summed E-state index contributed by atoms with van der Waals surface area (Å²) in [7, 11) is 0. The van der Waals surface area contributed by atoms with Crippen molar-refractivity contribution in [3.8, 4) is 22.8 Å². The molecule has 2 heterocycles. The summed E-state index contributed by atoms with van der Waals surface area (Å²) in [6, 6.07) is 33.7. The minimum Gasteiger partial charge on any atom is -0.436 e. The van der Waals surface area contributed by atoms with Gasteiger partial charge >= 0.3 is 0 Å². The molecule has 0 unspecified atom stereocenters. The van der Waals surface area contributed by atoms with Gasteiger partial charge in [-0.3, -0.25) is 4.79 Å². The molecule has 7 rings (SSSR count). The van der Waals surface area contributed by atoms with Crippen molar-refractivity contribution in [2.75, 3.05) is 0 Å². The third-order valence-electron chi connectivity index (χ3n) is 8.07. The number of rotatable bonds is 5. The van der Waals surface area contributed by atoms with Crippen LogP contribution in [0.1, 0.15) is 46.8 Å². The minimum absolute atomic E-state index is 0.123. The topological polar surface area (TPSA) is 58.7 Å². The molecule has 1 aliphatic heterocycles. The molecule has 5 nitrogen and oxygen atoms in total.